The molecule has 2 heterocycles. The van der Waals surface area contributed by atoms with Crippen LogP contribution in [-0.4, -0.2) is 41.2 Å². The maximum absolute atomic E-state index is 3.79. The van der Waals surface area contributed by atoms with Gasteiger partial charge in [-0.2, -0.15) is 0 Å². The highest BCUT2D eigenvalue weighted by atomic mass is 32.2. The van der Waals surface area contributed by atoms with Crippen molar-refractivity contribution in [3.63, 3.8) is 0 Å². The zero-order chi connectivity index (χ0) is 10.0. The van der Waals surface area contributed by atoms with Gasteiger partial charge in [-0.25, -0.2) is 0 Å². The first-order valence-corrected chi connectivity index (χ1v) is 6.87. The highest BCUT2D eigenvalue weighted by Gasteiger charge is 2.38. The van der Waals surface area contributed by atoms with Gasteiger partial charge < -0.3 is 4.90 Å². The molecule has 82 valence electrons. The minimum absolute atomic E-state index is 0.434. The fourth-order valence-electron chi connectivity index (χ4n) is 2.59. The van der Waals surface area contributed by atoms with Crippen molar-refractivity contribution < 1.29 is 0 Å². The van der Waals surface area contributed by atoms with Crippen molar-refractivity contribution in [3.05, 3.63) is 0 Å². The van der Waals surface area contributed by atoms with Gasteiger partial charge in [0.15, 0.2) is 0 Å². The molecule has 0 aromatic carbocycles. The summed E-state index contributed by atoms with van der Waals surface area (Å²) in [5.74, 6) is 1.30. The van der Waals surface area contributed by atoms with Crippen molar-refractivity contribution in [2.24, 2.45) is 0 Å². The number of hydrogen-bond donors (Lipinski definition) is 1. The summed E-state index contributed by atoms with van der Waals surface area (Å²) in [7, 11) is 0. The van der Waals surface area contributed by atoms with Crippen LogP contribution in [0.15, 0.2) is 0 Å². The first kappa shape index (κ1) is 10.8. The Labute approximate surface area is 91.8 Å². The number of likely N-dealkylation sites (tertiary alicyclic amines) is 1. The molecule has 2 atom stereocenters. The third kappa shape index (κ3) is 2.26. The van der Waals surface area contributed by atoms with Crippen LogP contribution in [0.4, 0.5) is 0 Å². The van der Waals surface area contributed by atoms with Gasteiger partial charge in [0.25, 0.3) is 0 Å². The first-order chi connectivity index (χ1) is 6.74. The van der Waals surface area contributed by atoms with Gasteiger partial charge in [-0.1, -0.05) is 6.92 Å². The predicted octanol–water partition coefficient (Wildman–Crippen LogP) is 1.91. The smallest absolute Gasteiger partial charge is 0.0660 e. The summed E-state index contributed by atoms with van der Waals surface area (Å²) in [6.45, 7) is 8.38. The van der Waals surface area contributed by atoms with Crippen molar-refractivity contribution in [1.29, 1.82) is 0 Å². The van der Waals surface area contributed by atoms with Crippen molar-refractivity contribution >= 4 is 11.8 Å². The van der Waals surface area contributed by atoms with Gasteiger partial charge in [-0.05, 0) is 39.3 Å². The molecule has 0 radical (unpaired) electrons. The van der Waals surface area contributed by atoms with Crippen LogP contribution in [-0.2, 0) is 0 Å². The van der Waals surface area contributed by atoms with Gasteiger partial charge in [-0.15, -0.1) is 11.8 Å². The van der Waals surface area contributed by atoms with E-state index in [-0.39, 0.29) is 0 Å². The molecule has 2 aliphatic heterocycles. The van der Waals surface area contributed by atoms with Crippen molar-refractivity contribution in [3.8, 4) is 0 Å². The molecule has 2 fully saturated rings. The van der Waals surface area contributed by atoms with Crippen LogP contribution in [0.5, 0.6) is 0 Å². The van der Waals surface area contributed by atoms with E-state index < -0.39 is 0 Å². The van der Waals surface area contributed by atoms with E-state index in [9.17, 15) is 0 Å². The van der Waals surface area contributed by atoms with Crippen LogP contribution >= 0.6 is 11.8 Å². The van der Waals surface area contributed by atoms with Gasteiger partial charge in [-0.3, -0.25) is 5.32 Å². The third-order valence-corrected chi connectivity index (χ3v) is 5.20. The lowest BCUT2D eigenvalue weighted by molar-refractivity contribution is 0.294. The molecule has 3 heteroatoms. The molecule has 2 unspecified atom stereocenters. The van der Waals surface area contributed by atoms with Crippen LogP contribution in [0, 0.1) is 0 Å². The molecule has 2 aliphatic rings. The summed E-state index contributed by atoms with van der Waals surface area (Å²) in [6, 6.07) is 0.716. The molecule has 2 rings (SSSR count). The minimum atomic E-state index is 0.434. The van der Waals surface area contributed by atoms with E-state index in [0.29, 0.717) is 10.9 Å². The monoisotopic (exact) mass is 214 g/mol. The van der Waals surface area contributed by atoms with Crippen LogP contribution < -0.4 is 5.32 Å². The summed E-state index contributed by atoms with van der Waals surface area (Å²) >= 11 is 2.16. The van der Waals surface area contributed by atoms with E-state index in [4.69, 9.17) is 0 Å². The third-order valence-electron chi connectivity index (χ3n) is 3.45. The van der Waals surface area contributed by atoms with Gasteiger partial charge in [0.2, 0.25) is 0 Å². The predicted molar refractivity (Wildman–Crippen MR) is 63.8 cm³/mol. The Morgan fingerprint density at radius 1 is 1.43 bits per heavy atom. The molecule has 0 aromatic heterocycles. The fourth-order valence-corrected chi connectivity index (χ4v) is 4.05. The fraction of sp³-hybridized carbons (Fsp3) is 1.00. The van der Waals surface area contributed by atoms with E-state index in [1.165, 1.54) is 44.6 Å². The number of hydrogen-bond acceptors (Lipinski definition) is 3. The lowest BCUT2D eigenvalue weighted by atomic mass is 10.1. The van der Waals surface area contributed by atoms with E-state index in [0.717, 1.165) is 0 Å². The van der Waals surface area contributed by atoms with E-state index >= 15 is 0 Å². The molecule has 1 spiro atoms. The second-order valence-corrected chi connectivity index (χ2v) is 6.04. The molecular formula is C11H22N2S. The zero-order valence-electron chi connectivity index (χ0n) is 9.38. The van der Waals surface area contributed by atoms with Crippen molar-refractivity contribution in [2.45, 2.75) is 44.0 Å². The summed E-state index contributed by atoms with van der Waals surface area (Å²) in [5.41, 5.74) is 0. The Morgan fingerprint density at radius 3 is 2.93 bits per heavy atom. The molecule has 0 bridgehead atoms. The Kier molecular flexibility index (Phi) is 3.40. The van der Waals surface area contributed by atoms with Crippen LogP contribution in [0.3, 0.4) is 0 Å². The number of nitrogens with one attached hydrogen (secondary N) is 1. The normalized spacial score (nSPS) is 40.3. The van der Waals surface area contributed by atoms with Crippen molar-refractivity contribution in [2.75, 3.05) is 25.4 Å². The van der Waals surface area contributed by atoms with E-state index in [2.05, 4.69) is 35.8 Å². The molecule has 0 aromatic rings. The standard InChI is InChI=1S/C11H22N2S/c1-3-13-7-4-5-11(6-8-13)12-10(2)9-14-11/h10,12H,3-9H2,1-2H3. The first-order valence-electron chi connectivity index (χ1n) is 5.88. The quantitative estimate of drug-likeness (QED) is 0.718. The highest BCUT2D eigenvalue weighted by Crippen LogP contribution is 2.38. The Hall–Kier alpha value is 0.270. The second-order valence-electron chi connectivity index (χ2n) is 4.64. The van der Waals surface area contributed by atoms with Crippen molar-refractivity contribution in [1.82, 2.24) is 10.2 Å². The Balaban J connectivity index is 1.94. The minimum Gasteiger partial charge on any atom is -0.304 e. The lowest BCUT2D eigenvalue weighted by Gasteiger charge is -2.27. The SMILES string of the molecule is CCN1CCCC2(CC1)NC(C)CS2. The Bertz CT molecular complexity index is 198. The number of nitrogens with zero attached hydrogens (tertiary/aromatic N) is 1. The van der Waals surface area contributed by atoms with Gasteiger partial charge in [0, 0.05) is 18.3 Å². The average molecular weight is 214 g/mol. The molecule has 0 aliphatic carbocycles. The van der Waals surface area contributed by atoms with Crippen LogP contribution in [0.25, 0.3) is 0 Å². The lowest BCUT2D eigenvalue weighted by Crippen LogP contribution is -2.41. The van der Waals surface area contributed by atoms with Crippen LogP contribution in [0.2, 0.25) is 0 Å². The highest BCUT2D eigenvalue weighted by molar-refractivity contribution is 8.00. The topological polar surface area (TPSA) is 15.3 Å². The van der Waals surface area contributed by atoms with E-state index in [1.54, 1.807) is 0 Å². The summed E-state index contributed by atoms with van der Waals surface area (Å²) < 4.78 is 0. The second kappa shape index (κ2) is 4.42. The van der Waals surface area contributed by atoms with Crippen LogP contribution in [0.1, 0.15) is 33.1 Å². The van der Waals surface area contributed by atoms with Gasteiger partial charge in [0.1, 0.15) is 0 Å². The van der Waals surface area contributed by atoms with Gasteiger partial charge in [0.05, 0.1) is 4.87 Å². The maximum atomic E-state index is 3.79. The molecule has 14 heavy (non-hydrogen) atoms. The molecule has 2 nitrogen and oxygen atoms in total. The average Bonchev–Trinajstić information content (AvgIpc) is 2.44. The largest absolute Gasteiger partial charge is 0.304 e. The summed E-state index contributed by atoms with van der Waals surface area (Å²) in [6.07, 6.45) is 4.05. The summed E-state index contributed by atoms with van der Waals surface area (Å²) in [5, 5.41) is 3.79. The maximum Gasteiger partial charge on any atom is 0.0660 e. The summed E-state index contributed by atoms with van der Waals surface area (Å²) in [4.78, 5) is 3.02. The molecule has 2 saturated heterocycles. The van der Waals surface area contributed by atoms with Gasteiger partial charge >= 0.3 is 0 Å². The molecule has 0 amide bonds. The molecule has 0 saturated carbocycles. The zero-order valence-corrected chi connectivity index (χ0v) is 10.2. The number of thioether (sulfide) groups is 1. The Morgan fingerprint density at radius 2 is 2.29 bits per heavy atom. The number of rotatable bonds is 1. The molecular weight excluding hydrogens is 192 g/mol. The van der Waals surface area contributed by atoms with E-state index in [1.807, 2.05) is 0 Å². The molecule has 1 N–H and O–H groups in total.